The van der Waals surface area contributed by atoms with Crippen molar-refractivity contribution in [2.45, 2.75) is 69.1 Å². The number of hydrogen-bond donors (Lipinski definition) is 2. The molecular formula is C26H33Cl2N3. The summed E-state index contributed by atoms with van der Waals surface area (Å²) in [4.78, 5) is 2.74. The molecule has 3 aliphatic heterocycles. The van der Waals surface area contributed by atoms with Crippen molar-refractivity contribution in [3.63, 3.8) is 0 Å². The lowest BCUT2D eigenvalue weighted by molar-refractivity contribution is -0.00197. The van der Waals surface area contributed by atoms with Gasteiger partial charge >= 0.3 is 0 Å². The van der Waals surface area contributed by atoms with E-state index in [2.05, 4.69) is 34.5 Å². The minimum atomic E-state index is 0.0787. The van der Waals surface area contributed by atoms with Gasteiger partial charge in [0.2, 0.25) is 0 Å². The normalized spacial score (nSPS) is 31.3. The van der Waals surface area contributed by atoms with Crippen LogP contribution in [0.4, 0.5) is 0 Å². The number of nitrogens with one attached hydrogen (secondary N) is 1. The Kier molecular flexibility index (Phi) is 6.33. The first-order chi connectivity index (χ1) is 15.1. The Balaban J connectivity index is 1.53. The molecule has 2 aromatic carbocycles. The van der Waals surface area contributed by atoms with Crippen molar-refractivity contribution in [2.75, 3.05) is 13.1 Å². The number of nitrogens with zero attached hydrogens (tertiary/aromatic N) is 1. The molecular weight excluding hydrogens is 425 g/mol. The van der Waals surface area contributed by atoms with Crippen LogP contribution < -0.4 is 11.1 Å². The molecule has 31 heavy (non-hydrogen) atoms. The van der Waals surface area contributed by atoms with Gasteiger partial charge in [0.05, 0.1) is 6.04 Å². The van der Waals surface area contributed by atoms with Gasteiger partial charge in [-0.2, -0.15) is 0 Å². The lowest BCUT2D eigenvalue weighted by Crippen LogP contribution is -2.59. The third-order valence-electron chi connectivity index (χ3n) is 8.11. The average molecular weight is 458 g/mol. The van der Waals surface area contributed by atoms with Crippen LogP contribution in [0.3, 0.4) is 0 Å². The second kappa shape index (κ2) is 9.03. The highest BCUT2D eigenvalue weighted by Gasteiger charge is 2.53. The van der Waals surface area contributed by atoms with Crippen molar-refractivity contribution >= 4 is 23.2 Å². The van der Waals surface area contributed by atoms with Gasteiger partial charge in [0.15, 0.2) is 0 Å². The monoisotopic (exact) mass is 457 g/mol. The summed E-state index contributed by atoms with van der Waals surface area (Å²) in [5.41, 5.74) is 9.03. The van der Waals surface area contributed by atoms with Crippen LogP contribution >= 0.6 is 23.2 Å². The maximum Gasteiger partial charge on any atom is 0.0636 e. The van der Waals surface area contributed by atoms with Crippen LogP contribution in [0, 0.1) is 5.41 Å². The van der Waals surface area contributed by atoms with Crippen LogP contribution in [-0.4, -0.2) is 36.1 Å². The Morgan fingerprint density at radius 1 is 0.903 bits per heavy atom. The summed E-state index contributed by atoms with van der Waals surface area (Å²) in [6, 6.07) is 18.2. The molecule has 4 atom stereocenters. The molecule has 3 aliphatic rings. The number of benzene rings is 2. The number of piperidine rings is 2. The molecule has 2 bridgehead atoms. The zero-order chi connectivity index (χ0) is 21.4. The van der Waals surface area contributed by atoms with Crippen LogP contribution in [0.5, 0.6) is 0 Å². The van der Waals surface area contributed by atoms with E-state index in [1.807, 2.05) is 24.3 Å². The Labute approximate surface area is 196 Å². The lowest BCUT2D eigenvalue weighted by atomic mass is 9.67. The molecule has 3 fully saturated rings. The van der Waals surface area contributed by atoms with E-state index < -0.39 is 0 Å². The van der Waals surface area contributed by atoms with E-state index in [0.717, 1.165) is 47.1 Å². The average Bonchev–Trinajstić information content (AvgIpc) is 3.06. The first kappa shape index (κ1) is 21.7. The maximum absolute atomic E-state index is 6.76. The molecule has 0 saturated carbocycles. The molecule has 3 nitrogen and oxygen atoms in total. The highest BCUT2D eigenvalue weighted by Crippen LogP contribution is 2.53. The van der Waals surface area contributed by atoms with Crippen molar-refractivity contribution in [1.82, 2.24) is 10.2 Å². The van der Waals surface area contributed by atoms with E-state index >= 15 is 0 Å². The van der Waals surface area contributed by atoms with Crippen molar-refractivity contribution in [2.24, 2.45) is 11.1 Å². The fourth-order valence-electron chi connectivity index (χ4n) is 6.69. The van der Waals surface area contributed by atoms with Gasteiger partial charge in [0.25, 0.3) is 0 Å². The Morgan fingerprint density at radius 3 is 1.97 bits per heavy atom. The lowest BCUT2D eigenvalue weighted by Gasteiger charge is -2.53. The van der Waals surface area contributed by atoms with Gasteiger partial charge in [0.1, 0.15) is 0 Å². The van der Waals surface area contributed by atoms with Gasteiger partial charge in [-0.25, -0.2) is 0 Å². The molecule has 3 N–H and O–H groups in total. The molecule has 2 aromatic rings. The molecule has 0 aromatic heterocycles. The molecule has 2 unspecified atom stereocenters. The summed E-state index contributed by atoms with van der Waals surface area (Å²) in [5.74, 6) is 0. The SMILES string of the molecule is NCC1(C2CCCCN2)C[C@H]2CC[C@@H](C1)N2C(c1ccccc1Cl)c1ccccc1Cl. The quantitative estimate of drug-likeness (QED) is 0.595. The molecule has 3 saturated heterocycles. The van der Waals surface area contributed by atoms with Crippen LogP contribution in [0.25, 0.3) is 0 Å². The summed E-state index contributed by atoms with van der Waals surface area (Å²) in [5, 5.41) is 5.47. The van der Waals surface area contributed by atoms with Crippen molar-refractivity contribution in [3.05, 3.63) is 69.7 Å². The van der Waals surface area contributed by atoms with E-state index in [0.29, 0.717) is 18.1 Å². The van der Waals surface area contributed by atoms with E-state index in [4.69, 9.17) is 28.9 Å². The minimum Gasteiger partial charge on any atom is -0.330 e. The predicted molar refractivity (Wildman–Crippen MR) is 130 cm³/mol. The zero-order valence-corrected chi connectivity index (χ0v) is 19.6. The van der Waals surface area contributed by atoms with Crippen LogP contribution in [-0.2, 0) is 0 Å². The number of rotatable bonds is 5. The first-order valence-electron chi connectivity index (χ1n) is 11.8. The number of halogens is 2. The van der Waals surface area contributed by atoms with Gasteiger partial charge in [-0.15, -0.1) is 0 Å². The highest BCUT2D eigenvalue weighted by molar-refractivity contribution is 6.32. The van der Waals surface area contributed by atoms with Crippen LogP contribution in [0.1, 0.15) is 62.1 Å². The summed E-state index contributed by atoms with van der Waals surface area (Å²) < 4.78 is 0. The smallest absolute Gasteiger partial charge is 0.0636 e. The Hall–Kier alpha value is -1.10. The third kappa shape index (κ3) is 3.94. The third-order valence-corrected chi connectivity index (χ3v) is 8.80. The van der Waals surface area contributed by atoms with Gasteiger partial charge in [-0.3, -0.25) is 4.90 Å². The highest BCUT2D eigenvalue weighted by atomic mass is 35.5. The van der Waals surface area contributed by atoms with Crippen LogP contribution in [0.15, 0.2) is 48.5 Å². The Morgan fingerprint density at radius 2 is 1.48 bits per heavy atom. The molecule has 5 heteroatoms. The minimum absolute atomic E-state index is 0.0787. The Bertz CT molecular complexity index is 852. The topological polar surface area (TPSA) is 41.3 Å². The first-order valence-corrected chi connectivity index (χ1v) is 12.6. The van der Waals surface area contributed by atoms with Crippen molar-refractivity contribution in [1.29, 1.82) is 0 Å². The summed E-state index contributed by atoms with van der Waals surface area (Å²) in [7, 11) is 0. The molecule has 166 valence electrons. The molecule has 0 radical (unpaired) electrons. The zero-order valence-electron chi connectivity index (χ0n) is 18.1. The molecule has 3 heterocycles. The summed E-state index contributed by atoms with van der Waals surface area (Å²) >= 11 is 13.5. The van der Waals surface area contributed by atoms with E-state index in [1.54, 1.807) is 0 Å². The van der Waals surface area contributed by atoms with E-state index in [1.165, 1.54) is 32.1 Å². The largest absolute Gasteiger partial charge is 0.330 e. The van der Waals surface area contributed by atoms with Gasteiger partial charge in [0, 0.05) is 33.6 Å². The number of fused-ring (bicyclic) bond motifs is 2. The summed E-state index contributed by atoms with van der Waals surface area (Å²) in [6.45, 7) is 1.90. The fraction of sp³-hybridized carbons (Fsp3) is 0.538. The fourth-order valence-corrected chi connectivity index (χ4v) is 7.17. The van der Waals surface area contributed by atoms with Gasteiger partial charge in [-0.05, 0) is 74.9 Å². The molecule has 0 aliphatic carbocycles. The standard InChI is InChI=1S/C26H33Cl2N3/c27-22-9-3-1-7-20(22)25(21-8-2-4-10-23(21)28)31-18-12-13-19(31)16-26(15-18,17-29)24-11-5-6-14-30-24/h1-4,7-10,18-19,24-25,30H,5-6,11-17,29H2/t18-,19+,24?,26?. The van der Waals surface area contributed by atoms with Crippen molar-refractivity contribution in [3.8, 4) is 0 Å². The molecule has 0 spiro atoms. The molecule has 0 amide bonds. The van der Waals surface area contributed by atoms with Gasteiger partial charge in [-0.1, -0.05) is 66.0 Å². The number of hydrogen-bond acceptors (Lipinski definition) is 3. The summed E-state index contributed by atoms with van der Waals surface area (Å²) in [6.07, 6.45) is 8.63. The van der Waals surface area contributed by atoms with Crippen molar-refractivity contribution < 1.29 is 0 Å². The van der Waals surface area contributed by atoms with Crippen LogP contribution in [0.2, 0.25) is 10.0 Å². The van der Waals surface area contributed by atoms with Gasteiger partial charge < -0.3 is 11.1 Å². The second-order valence-electron chi connectivity index (χ2n) is 9.76. The number of nitrogens with two attached hydrogens (primary N) is 1. The second-order valence-corrected chi connectivity index (χ2v) is 10.6. The van der Waals surface area contributed by atoms with E-state index in [9.17, 15) is 0 Å². The van der Waals surface area contributed by atoms with E-state index in [-0.39, 0.29) is 11.5 Å². The predicted octanol–water partition coefficient (Wildman–Crippen LogP) is 5.80. The molecule has 5 rings (SSSR count). The maximum atomic E-state index is 6.76.